The topological polar surface area (TPSA) is 73.0 Å². The predicted molar refractivity (Wildman–Crippen MR) is 109 cm³/mol. The monoisotopic (exact) mass is 476 g/mol. The van der Waals surface area contributed by atoms with E-state index >= 15 is 0 Å². The second-order valence-corrected chi connectivity index (χ2v) is 7.51. The molecular formula is C18H13IN4O2S. The van der Waals surface area contributed by atoms with Crippen LogP contribution in [-0.2, 0) is 0 Å². The third kappa shape index (κ3) is 3.29. The fourth-order valence-electron chi connectivity index (χ4n) is 2.46. The fraction of sp³-hybridized carbons (Fsp3) is 0.0556. The zero-order valence-electron chi connectivity index (χ0n) is 13.6. The lowest BCUT2D eigenvalue weighted by molar-refractivity contribution is 0.102. The van der Waals surface area contributed by atoms with E-state index in [1.165, 1.54) is 11.3 Å². The van der Waals surface area contributed by atoms with E-state index in [1.54, 1.807) is 17.0 Å². The minimum absolute atomic E-state index is 0.182. The van der Waals surface area contributed by atoms with Crippen LogP contribution < -0.4 is 5.32 Å². The van der Waals surface area contributed by atoms with Crippen LogP contribution in [0.4, 0.5) is 5.82 Å². The first-order chi connectivity index (χ1) is 12.6. The molecule has 0 aliphatic carbocycles. The standard InChI is InChI=1S/C18H13IN4O2S/c1-11-9-16(21-17(24)12-5-2-3-6-13(12)19)23(22-11)18-20-14(10-26-18)15-7-4-8-25-15/h2-10H,1H3,(H,21,24). The molecule has 1 N–H and O–H groups in total. The second-order valence-electron chi connectivity index (χ2n) is 5.51. The van der Waals surface area contributed by atoms with E-state index in [0.29, 0.717) is 22.3 Å². The highest BCUT2D eigenvalue weighted by Gasteiger charge is 2.17. The third-order valence-corrected chi connectivity index (χ3v) is 5.40. The molecule has 0 radical (unpaired) electrons. The van der Waals surface area contributed by atoms with Crippen LogP contribution in [0.3, 0.4) is 0 Å². The molecule has 0 aliphatic heterocycles. The van der Waals surface area contributed by atoms with E-state index in [-0.39, 0.29) is 5.91 Å². The summed E-state index contributed by atoms with van der Waals surface area (Å²) in [6.07, 6.45) is 1.61. The molecule has 0 spiro atoms. The molecule has 4 aromatic rings. The van der Waals surface area contributed by atoms with Crippen LogP contribution in [0.2, 0.25) is 0 Å². The first-order valence-electron chi connectivity index (χ1n) is 7.74. The highest BCUT2D eigenvalue weighted by molar-refractivity contribution is 14.1. The molecule has 3 heterocycles. The average molecular weight is 476 g/mol. The molecule has 0 saturated heterocycles. The Bertz CT molecular complexity index is 1070. The van der Waals surface area contributed by atoms with Crippen LogP contribution >= 0.6 is 33.9 Å². The molecule has 0 fully saturated rings. The van der Waals surface area contributed by atoms with Crippen LogP contribution in [0.15, 0.2) is 58.5 Å². The Labute approximate surface area is 167 Å². The van der Waals surface area contributed by atoms with Gasteiger partial charge in [-0.05, 0) is 53.8 Å². The molecule has 0 bridgehead atoms. The van der Waals surface area contributed by atoms with Crippen LogP contribution in [0.5, 0.6) is 0 Å². The molecule has 3 aromatic heterocycles. The number of nitrogens with zero attached hydrogens (tertiary/aromatic N) is 3. The van der Waals surface area contributed by atoms with Gasteiger partial charge in [0, 0.05) is 15.0 Å². The van der Waals surface area contributed by atoms with Crippen molar-refractivity contribution in [2.45, 2.75) is 6.92 Å². The fourth-order valence-corrected chi connectivity index (χ4v) is 3.87. The van der Waals surface area contributed by atoms with Crippen molar-refractivity contribution in [3.05, 3.63) is 68.9 Å². The smallest absolute Gasteiger partial charge is 0.257 e. The lowest BCUT2D eigenvalue weighted by atomic mass is 10.2. The van der Waals surface area contributed by atoms with E-state index < -0.39 is 0 Å². The highest BCUT2D eigenvalue weighted by Crippen LogP contribution is 2.27. The van der Waals surface area contributed by atoms with Gasteiger partial charge in [0.15, 0.2) is 5.76 Å². The number of amides is 1. The number of nitrogens with one attached hydrogen (secondary N) is 1. The molecule has 0 saturated carbocycles. The van der Waals surface area contributed by atoms with E-state index in [0.717, 1.165) is 15.0 Å². The molecule has 4 rings (SSSR count). The average Bonchev–Trinajstić information content (AvgIpc) is 3.35. The van der Waals surface area contributed by atoms with Gasteiger partial charge >= 0.3 is 0 Å². The van der Waals surface area contributed by atoms with Gasteiger partial charge in [-0.2, -0.15) is 9.78 Å². The number of aromatic nitrogens is 3. The van der Waals surface area contributed by atoms with Crippen molar-refractivity contribution in [2.24, 2.45) is 0 Å². The lowest BCUT2D eigenvalue weighted by Gasteiger charge is -2.07. The molecule has 1 aromatic carbocycles. The zero-order chi connectivity index (χ0) is 18.1. The minimum atomic E-state index is -0.182. The quantitative estimate of drug-likeness (QED) is 0.432. The van der Waals surface area contributed by atoms with Gasteiger partial charge in [0.05, 0.1) is 17.5 Å². The summed E-state index contributed by atoms with van der Waals surface area (Å²) in [5, 5.41) is 9.95. The maximum atomic E-state index is 12.6. The van der Waals surface area contributed by atoms with Gasteiger partial charge in [-0.25, -0.2) is 4.98 Å². The van der Waals surface area contributed by atoms with Gasteiger partial charge in [-0.1, -0.05) is 12.1 Å². The van der Waals surface area contributed by atoms with Crippen LogP contribution in [0, 0.1) is 10.5 Å². The predicted octanol–water partition coefficient (Wildman–Crippen LogP) is 4.75. The zero-order valence-corrected chi connectivity index (χ0v) is 16.6. The first kappa shape index (κ1) is 17.0. The number of aryl methyl sites for hydroxylation is 1. The number of carbonyl (C=O) groups is 1. The molecule has 26 heavy (non-hydrogen) atoms. The number of thiazole rings is 1. The van der Waals surface area contributed by atoms with Crippen LogP contribution in [0.1, 0.15) is 16.1 Å². The summed E-state index contributed by atoms with van der Waals surface area (Å²) >= 11 is 3.58. The molecule has 1 amide bonds. The van der Waals surface area contributed by atoms with Crippen molar-refractivity contribution in [3.63, 3.8) is 0 Å². The van der Waals surface area contributed by atoms with Crippen molar-refractivity contribution >= 4 is 45.7 Å². The number of furan rings is 1. The van der Waals surface area contributed by atoms with Crippen molar-refractivity contribution in [2.75, 3.05) is 5.32 Å². The summed E-state index contributed by atoms with van der Waals surface area (Å²) in [5.41, 5.74) is 2.14. The summed E-state index contributed by atoms with van der Waals surface area (Å²) in [5.74, 6) is 1.09. The van der Waals surface area contributed by atoms with Gasteiger partial charge < -0.3 is 9.73 Å². The highest BCUT2D eigenvalue weighted by atomic mass is 127. The number of carbonyl (C=O) groups excluding carboxylic acids is 1. The molecule has 0 unspecified atom stereocenters. The van der Waals surface area contributed by atoms with Gasteiger partial charge in [0.25, 0.3) is 5.91 Å². The third-order valence-electron chi connectivity index (χ3n) is 3.64. The first-order valence-corrected chi connectivity index (χ1v) is 9.70. The number of halogens is 1. The SMILES string of the molecule is Cc1cc(NC(=O)c2ccccc2I)n(-c2nc(-c3ccco3)cs2)n1. The minimum Gasteiger partial charge on any atom is -0.463 e. The maximum Gasteiger partial charge on any atom is 0.257 e. The number of hydrogen-bond acceptors (Lipinski definition) is 5. The molecule has 6 nitrogen and oxygen atoms in total. The normalized spacial score (nSPS) is 10.8. The van der Waals surface area contributed by atoms with E-state index in [4.69, 9.17) is 4.42 Å². The number of anilines is 1. The van der Waals surface area contributed by atoms with Crippen LogP contribution in [-0.4, -0.2) is 20.7 Å². The van der Waals surface area contributed by atoms with Crippen molar-refractivity contribution in [1.82, 2.24) is 14.8 Å². The summed E-state index contributed by atoms with van der Waals surface area (Å²) in [7, 11) is 0. The molecule has 8 heteroatoms. The van der Waals surface area contributed by atoms with Crippen LogP contribution in [0.25, 0.3) is 16.6 Å². The molecule has 0 atom stereocenters. The Morgan fingerprint density at radius 1 is 1.27 bits per heavy atom. The number of rotatable bonds is 4. The Kier molecular flexibility index (Phi) is 4.60. The number of benzene rings is 1. The molecule has 0 aliphatic rings. The summed E-state index contributed by atoms with van der Waals surface area (Å²) < 4.78 is 7.91. The Morgan fingerprint density at radius 2 is 2.12 bits per heavy atom. The van der Waals surface area contributed by atoms with Gasteiger partial charge in [0.1, 0.15) is 11.5 Å². The summed E-state index contributed by atoms with van der Waals surface area (Å²) in [4.78, 5) is 17.2. The van der Waals surface area contributed by atoms with E-state index in [2.05, 4.69) is 38.0 Å². The molecule has 130 valence electrons. The van der Waals surface area contributed by atoms with Crippen molar-refractivity contribution in [3.8, 4) is 16.6 Å². The Balaban J connectivity index is 1.65. The van der Waals surface area contributed by atoms with Crippen molar-refractivity contribution < 1.29 is 9.21 Å². The number of hydrogen-bond donors (Lipinski definition) is 1. The van der Waals surface area contributed by atoms with E-state index in [9.17, 15) is 4.79 Å². The lowest BCUT2D eigenvalue weighted by Crippen LogP contribution is -2.16. The summed E-state index contributed by atoms with van der Waals surface area (Å²) in [6, 6.07) is 12.9. The van der Waals surface area contributed by atoms with E-state index in [1.807, 2.05) is 48.7 Å². The van der Waals surface area contributed by atoms with Gasteiger partial charge in [-0.3, -0.25) is 4.79 Å². The van der Waals surface area contributed by atoms with Gasteiger partial charge in [0.2, 0.25) is 5.13 Å². The molecular weight excluding hydrogens is 463 g/mol. The Morgan fingerprint density at radius 3 is 2.88 bits per heavy atom. The largest absolute Gasteiger partial charge is 0.463 e. The maximum absolute atomic E-state index is 12.6. The Hall–Kier alpha value is -2.46. The van der Waals surface area contributed by atoms with Crippen molar-refractivity contribution in [1.29, 1.82) is 0 Å². The summed E-state index contributed by atoms with van der Waals surface area (Å²) in [6.45, 7) is 1.87. The van der Waals surface area contributed by atoms with Gasteiger partial charge in [-0.15, -0.1) is 11.3 Å². The second kappa shape index (κ2) is 7.04.